The molecular weight excluding hydrogens is 374 g/mol. The van der Waals surface area contributed by atoms with Crippen LogP contribution in [0, 0.1) is 6.92 Å². The van der Waals surface area contributed by atoms with E-state index < -0.39 is 0 Å². The summed E-state index contributed by atoms with van der Waals surface area (Å²) >= 11 is 1.54. The molecule has 4 aromatic rings. The van der Waals surface area contributed by atoms with E-state index in [9.17, 15) is 4.79 Å². The zero-order valence-corrected chi connectivity index (χ0v) is 16.3. The Morgan fingerprint density at radius 2 is 2.04 bits per heavy atom. The summed E-state index contributed by atoms with van der Waals surface area (Å²) in [7, 11) is 0. The van der Waals surface area contributed by atoms with Gasteiger partial charge in [-0.05, 0) is 38.1 Å². The Kier molecular flexibility index (Phi) is 5.12. The number of benzene rings is 1. The van der Waals surface area contributed by atoms with Gasteiger partial charge in [0, 0.05) is 17.2 Å². The summed E-state index contributed by atoms with van der Waals surface area (Å²) in [6, 6.07) is 14.8. The number of aromatic nitrogens is 4. The molecule has 4 rings (SSSR count). The summed E-state index contributed by atoms with van der Waals surface area (Å²) in [6.07, 6.45) is 1.89. The van der Waals surface area contributed by atoms with E-state index in [1.165, 1.54) is 0 Å². The first kappa shape index (κ1) is 18.2. The van der Waals surface area contributed by atoms with E-state index in [0.717, 1.165) is 22.0 Å². The van der Waals surface area contributed by atoms with Crippen LogP contribution in [0.2, 0.25) is 0 Å². The molecule has 28 heavy (non-hydrogen) atoms. The summed E-state index contributed by atoms with van der Waals surface area (Å²) in [5.74, 6) is 1.92. The van der Waals surface area contributed by atoms with Gasteiger partial charge in [-0.25, -0.2) is 0 Å². The number of nitrogens with one attached hydrogen (secondary N) is 1. The normalized spacial score (nSPS) is 12.2. The second-order valence-electron chi connectivity index (χ2n) is 6.40. The molecule has 142 valence electrons. The van der Waals surface area contributed by atoms with Crippen molar-refractivity contribution in [2.24, 2.45) is 0 Å². The lowest BCUT2D eigenvalue weighted by molar-refractivity contribution is 0.0935. The van der Waals surface area contributed by atoms with Crippen LogP contribution in [-0.4, -0.2) is 25.7 Å². The molecule has 3 aromatic heterocycles. The SMILES string of the molecule is Cc1cc(CSc2ccccc2C(=O)NC(C)c2nnc3ccccn23)on1. The van der Waals surface area contributed by atoms with Gasteiger partial charge in [0.2, 0.25) is 0 Å². The van der Waals surface area contributed by atoms with Crippen LogP contribution in [0.5, 0.6) is 0 Å². The Morgan fingerprint density at radius 3 is 2.86 bits per heavy atom. The molecule has 0 aliphatic heterocycles. The van der Waals surface area contributed by atoms with Crippen molar-refractivity contribution in [3.05, 3.63) is 77.6 Å². The van der Waals surface area contributed by atoms with E-state index in [0.29, 0.717) is 17.1 Å². The fraction of sp³-hybridized carbons (Fsp3) is 0.200. The first-order valence-corrected chi connectivity index (χ1v) is 9.85. The zero-order valence-electron chi connectivity index (χ0n) is 15.5. The predicted octanol–water partition coefficient (Wildman–Crippen LogP) is 3.81. The van der Waals surface area contributed by atoms with Crippen molar-refractivity contribution in [3.8, 4) is 0 Å². The molecule has 0 saturated heterocycles. The van der Waals surface area contributed by atoms with Gasteiger partial charge in [-0.1, -0.05) is 23.4 Å². The molecule has 0 fully saturated rings. The molecule has 0 aliphatic carbocycles. The second-order valence-corrected chi connectivity index (χ2v) is 7.42. The highest BCUT2D eigenvalue weighted by atomic mass is 32.2. The molecule has 0 spiro atoms. The maximum absolute atomic E-state index is 12.9. The van der Waals surface area contributed by atoms with E-state index >= 15 is 0 Å². The first-order chi connectivity index (χ1) is 13.6. The minimum Gasteiger partial charge on any atom is -0.360 e. The highest BCUT2D eigenvalue weighted by Crippen LogP contribution is 2.27. The zero-order chi connectivity index (χ0) is 19.5. The van der Waals surface area contributed by atoms with E-state index in [-0.39, 0.29) is 11.9 Å². The summed E-state index contributed by atoms with van der Waals surface area (Å²) in [5.41, 5.74) is 2.21. The molecular formula is C20H19N5O2S. The molecule has 0 bridgehead atoms. The van der Waals surface area contributed by atoms with Gasteiger partial charge in [0.1, 0.15) is 5.76 Å². The van der Waals surface area contributed by atoms with Crippen molar-refractivity contribution < 1.29 is 9.32 Å². The van der Waals surface area contributed by atoms with Crippen LogP contribution in [0.1, 0.15) is 40.6 Å². The number of fused-ring (bicyclic) bond motifs is 1. The van der Waals surface area contributed by atoms with Gasteiger partial charge in [0.25, 0.3) is 5.91 Å². The fourth-order valence-corrected chi connectivity index (χ4v) is 3.83. The van der Waals surface area contributed by atoms with Crippen molar-refractivity contribution in [2.45, 2.75) is 30.5 Å². The minimum atomic E-state index is -0.292. The molecule has 1 amide bonds. The van der Waals surface area contributed by atoms with Crippen molar-refractivity contribution in [1.82, 2.24) is 25.1 Å². The average Bonchev–Trinajstić information content (AvgIpc) is 3.32. The maximum atomic E-state index is 12.9. The number of thioether (sulfide) groups is 1. The number of rotatable bonds is 6. The fourth-order valence-electron chi connectivity index (χ4n) is 2.91. The van der Waals surface area contributed by atoms with Gasteiger partial charge < -0.3 is 9.84 Å². The topological polar surface area (TPSA) is 85.3 Å². The maximum Gasteiger partial charge on any atom is 0.252 e. The molecule has 0 aliphatic rings. The molecule has 7 nitrogen and oxygen atoms in total. The number of pyridine rings is 1. The number of carbonyl (C=O) groups excluding carboxylic acids is 1. The van der Waals surface area contributed by atoms with Crippen LogP contribution < -0.4 is 5.32 Å². The Balaban J connectivity index is 1.50. The van der Waals surface area contributed by atoms with E-state index in [1.807, 2.05) is 73.0 Å². The smallest absolute Gasteiger partial charge is 0.252 e. The van der Waals surface area contributed by atoms with Gasteiger partial charge in [-0.3, -0.25) is 9.20 Å². The van der Waals surface area contributed by atoms with E-state index in [4.69, 9.17) is 4.52 Å². The number of hydrogen-bond donors (Lipinski definition) is 1. The van der Waals surface area contributed by atoms with Crippen LogP contribution >= 0.6 is 11.8 Å². The highest BCUT2D eigenvalue weighted by Gasteiger charge is 2.19. The number of nitrogens with zero attached hydrogens (tertiary/aromatic N) is 4. The molecule has 8 heteroatoms. The van der Waals surface area contributed by atoms with Gasteiger partial charge in [0.05, 0.1) is 23.1 Å². The lowest BCUT2D eigenvalue weighted by atomic mass is 10.2. The summed E-state index contributed by atoms with van der Waals surface area (Å²) in [6.45, 7) is 3.78. The van der Waals surface area contributed by atoms with Crippen molar-refractivity contribution in [3.63, 3.8) is 0 Å². The van der Waals surface area contributed by atoms with Crippen LogP contribution in [-0.2, 0) is 5.75 Å². The number of aryl methyl sites for hydroxylation is 1. The standard InChI is InChI=1S/C20H19N5O2S/c1-13-11-15(27-24-13)12-28-17-8-4-3-7-16(17)20(26)21-14(2)19-23-22-18-9-5-6-10-25(18)19/h3-11,14H,12H2,1-2H3,(H,21,26). The summed E-state index contributed by atoms with van der Waals surface area (Å²) in [4.78, 5) is 13.8. The number of amides is 1. The molecule has 0 saturated carbocycles. The molecule has 0 radical (unpaired) electrons. The Morgan fingerprint density at radius 1 is 1.21 bits per heavy atom. The third-order valence-corrected chi connectivity index (χ3v) is 5.35. The van der Waals surface area contributed by atoms with Gasteiger partial charge in [0.15, 0.2) is 11.5 Å². The van der Waals surface area contributed by atoms with Crippen LogP contribution in [0.3, 0.4) is 0 Å². The van der Waals surface area contributed by atoms with Crippen molar-refractivity contribution >= 4 is 23.3 Å². The third-order valence-electron chi connectivity index (χ3n) is 4.25. The van der Waals surface area contributed by atoms with Gasteiger partial charge >= 0.3 is 0 Å². The van der Waals surface area contributed by atoms with Gasteiger partial charge in [-0.2, -0.15) is 0 Å². The van der Waals surface area contributed by atoms with Gasteiger partial charge in [-0.15, -0.1) is 22.0 Å². The predicted molar refractivity (Wildman–Crippen MR) is 106 cm³/mol. The van der Waals surface area contributed by atoms with Crippen LogP contribution in [0.4, 0.5) is 0 Å². The van der Waals surface area contributed by atoms with Crippen molar-refractivity contribution in [2.75, 3.05) is 0 Å². The number of hydrogen-bond acceptors (Lipinski definition) is 6. The Bertz CT molecular complexity index is 1120. The quantitative estimate of drug-likeness (QED) is 0.502. The van der Waals surface area contributed by atoms with E-state index in [2.05, 4.69) is 20.7 Å². The molecule has 1 N–H and O–H groups in total. The second kappa shape index (κ2) is 7.85. The van der Waals surface area contributed by atoms with Crippen molar-refractivity contribution in [1.29, 1.82) is 0 Å². The largest absolute Gasteiger partial charge is 0.360 e. The molecule has 1 aromatic carbocycles. The summed E-state index contributed by atoms with van der Waals surface area (Å²) < 4.78 is 7.12. The number of carbonyl (C=O) groups is 1. The summed E-state index contributed by atoms with van der Waals surface area (Å²) in [5, 5.41) is 15.3. The molecule has 1 unspecified atom stereocenters. The minimum absolute atomic E-state index is 0.156. The lowest BCUT2D eigenvalue weighted by Gasteiger charge is -2.14. The molecule has 3 heterocycles. The monoisotopic (exact) mass is 393 g/mol. The first-order valence-electron chi connectivity index (χ1n) is 8.86. The van der Waals surface area contributed by atoms with Crippen LogP contribution in [0.15, 0.2) is 64.1 Å². The highest BCUT2D eigenvalue weighted by molar-refractivity contribution is 7.98. The lowest BCUT2D eigenvalue weighted by Crippen LogP contribution is -2.28. The average molecular weight is 393 g/mol. The van der Waals surface area contributed by atoms with Crippen LogP contribution in [0.25, 0.3) is 5.65 Å². The Hall–Kier alpha value is -3.13. The Labute approximate surface area is 166 Å². The van der Waals surface area contributed by atoms with E-state index in [1.54, 1.807) is 11.8 Å². The third kappa shape index (κ3) is 3.77. The molecule has 1 atom stereocenters.